The highest BCUT2D eigenvalue weighted by Crippen LogP contribution is 2.47. The number of H-pyrrole nitrogens is 1. The molecule has 1 aliphatic carbocycles. The van der Waals surface area contributed by atoms with Crippen molar-refractivity contribution in [3.8, 4) is 0 Å². The summed E-state index contributed by atoms with van der Waals surface area (Å²) in [5.41, 5.74) is 5.23. The van der Waals surface area contributed by atoms with Crippen LogP contribution in [0.2, 0.25) is 0 Å². The van der Waals surface area contributed by atoms with E-state index in [4.69, 9.17) is 0 Å². The van der Waals surface area contributed by atoms with Crippen LogP contribution in [0.1, 0.15) is 58.6 Å². The molecule has 2 aromatic rings. The van der Waals surface area contributed by atoms with Crippen LogP contribution >= 0.6 is 0 Å². The molecule has 0 unspecified atom stereocenters. The first-order valence-electron chi connectivity index (χ1n) is 8.54. The molecule has 1 amide bonds. The molecule has 1 fully saturated rings. The Morgan fingerprint density at radius 1 is 1.26 bits per heavy atom. The number of hydrogen-bond donors (Lipinski definition) is 1. The quantitative estimate of drug-likeness (QED) is 0.876. The summed E-state index contributed by atoms with van der Waals surface area (Å²) in [5.74, 6) is 0.165. The average molecular weight is 309 g/mol. The third-order valence-electron chi connectivity index (χ3n) is 5.55. The van der Waals surface area contributed by atoms with Crippen molar-refractivity contribution < 1.29 is 4.79 Å². The van der Waals surface area contributed by atoms with E-state index < -0.39 is 0 Å². The van der Waals surface area contributed by atoms with Crippen molar-refractivity contribution in [3.63, 3.8) is 0 Å². The van der Waals surface area contributed by atoms with Gasteiger partial charge < -0.3 is 9.88 Å². The third-order valence-corrected chi connectivity index (χ3v) is 5.55. The van der Waals surface area contributed by atoms with Crippen molar-refractivity contribution in [2.45, 2.75) is 51.5 Å². The molecule has 4 nitrogen and oxygen atoms in total. The Morgan fingerprint density at radius 3 is 2.78 bits per heavy atom. The van der Waals surface area contributed by atoms with Gasteiger partial charge in [-0.1, -0.05) is 30.5 Å². The van der Waals surface area contributed by atoms with E-state index in [-0.39, 0.29) is 11.4 Å². The molecule has 1 aromatic carbocycles. The standard InChI is InChI=1S/C19H23N3O/c1-13-5-6-15(14(2)11-13)18(23)22-10-7-16-17(21-12-20-16)19(22)8-3-4-9-19/h5-6,11-12H,3-4,7-10H2,1-2H3,(H,20,21). The van der Waals surface area contributed by atoms with Crippen LogP contribution in [-0.2, 0) is 12.0 Å². The molecular formula is C19H23N3O. The molecule has 0 radical (unpaired) electrons. The number of aryl methyl sites for hydroxylation is 2. The topological polar surface area (TPSA) is 49.0 Å². The number of rotatable bonds is 1. The molecule has 0 atom stereocenters. The van der Waals surface area contributed by atoms with Crippen LogP contribution in [0.5, 0.6) is 0 Å². The van der Waals surface area contributed by atoms with Crippen LogP contribution in [0.25, 0.3) is 0 Å². The number of amides is 1. The molecule has 1 aromatic heterocycles. The lowest BCUT2D eigenvalue weighted by Gasteiger charge is -2.44. The minimum absolute atomic E-state index is 0.165. The Kier molecular flexibility index (Phi) is 3.29. The number of hydrogen-bond acceptors (Lipinski definition) is 2. The summed E-state index contributed by atoms with van der Waals surface area (Å²) in [5, 5.41) is 0. The number of nitrogens with zero attached hydrogens (tertiary/aromatic N) is 2. The van der Waals surface area contributed by atoms with Crippen LogP contribution in [0.15, 0.2) is 24.5 Å². The van der Waals surface area contributed by atoms with Gasteiger partial charge >= 0.3 is 0 Å². The molecule has 4 heteroatoms. The monoisotopic (exact) mass is 309 g/mol. The van der Waals surface area contributed by atoms with Gasteiger partial charge in [-0.05, 0) is 38.3 Å². The predicted octanol–water partition coefficient (Wildman–Crippen LogP) is 3.49. The lowest BCUT2D eigenvalue weighted by atomic mass is 9.84. The average Bonchev–Trinajstić information content (AvgIpc) is 3.17. The minimum atomic E-state index is -0.192. The zero-order chi connectivity index (χ0) is 16.0. The number of carbonyl (C=O) groups is 1. The van der Waals surface area contributed by atoms with Crippen LogP contribution in [0.3, 0.4) is 0 Å². The molecule has 1 spiro atoms. The van der Waals surface area contributed by atoms with Crippen molar-refractivity contribution in [2.75, 3.05) is 6.54 Å². The van der Waals surface area contributed by atoms with Gasteiger partial charge in [0.1, 0.15) is 0 Å². The molecule has 23 heavy (non-hydrogen) atoms. The number of aromatic amines is 1. The van der Waals surface area contributed by atoms with Crippen molar-refractivity contribution in [1.82, 2.24) is 14.9 Å². The highest BCUT2D eigenvalue weighted by molar-refractivity contribution is 5.96. The first-order chi connectivity index (χ1) is 11.1. The van der Waals surface area contributed by atoms with Gasteiger partial charge in [0.2, 0.25) is 0 Å². The number of aromatic nitrogens is 2. The molecule has 2 heterocycles. The van der Waals surface area contributed by atoms with Crippen molar-refractivity contribution >= 4 is 5.91 Å². The fraction of sp³-hybridized carbons (Fsp3) is 0.474. The molecule has 0 bridgehead atoms. The molecule has 4 rings (SSSR count). The highest BCUT2D eigenvalue weighted by atomic mass is 16.2. The molecule has 1 saturated carbocycles. The predicted molar refractivity (Wildman–Crippen MR) is 89.4 cm³/mol. The van der Waals surface area contributed by atoms with E-state index in [0.29, 0.717) is 0 Å². The summed E-state index contributed by atoms with van der Waals surface area (Å²) >= 11 is 0. The lowest BCUT2D eigenvalue weighted by molar-refractivity contribution is 0.0416. The molecule has 2 aliphatic rings. The van der Waals surface area contributed by atoms with Crippen LogP contribution < -0.4 is 0 Å². The van der Waals surface area contributed by atoms with Gasteiger partial charge in [-0.3, -0.25) is 4.79 Å². The van der Waals surface area contributed by atoms with E-state index >= 15 is 0 Å². The van der Waals surface area contributed by atoms with Gasteiger partial charge in [0.15, 0.2) is 0 Å². The molecule has 1 N–H and O–H groups in total. The maximum absolute atomic E-state index is 13.3. The van der Waals surface area contributed by atoms with E-state index in [1.807, 2.05) is 19.1 Å². The Labute approximate surface area is 136 Å². The van der Waals surface area contributed by atoms with Gasteiger partial charge in [-0.25, -0.2) is 4.98 Å². The van der Waals surface area contributed by atoms with Crippen LogP contribution in [0, 0.1) is 13.8 Å². The first kappa shape index (κ1) is 14.5. The van der Waals surface area contributed by atoms with Gasteiger partial charge in [0, 0.05) is 24.2 Å². The summed E-state index contributed by atoms with van der Waals surface area (Å²) < 4.78 is 0. The number of benzene rings is 1. The Morgan fingerprint density at radius 2 is 2.04 bits per heavy atom. The Balaban J connectivity index is 1.77. The summed E-state index contributed by atoms with van der Waals surface area (Å²) in [7, 11) is 0. The maximum Gasteiger partial charge on any atom is 0.254 e. The first-order valence-corrected chi connectivity index (χ1v) is 8.54. The van der Waals surface area contributed by atoms with E-state index in [2.05, 4.69) is 27.9 Å². The van der Waals surface area contributed by atoms with E-state index in [1.54, 1.807) is 6.33 Å². The largest absolute Gasteiger partial charge is 0.348 e. The highest BCUT2D eigenvalue weighted by Gasteiger charge is 2.48. The van der Waals surface area contributed by atoms with Crippen LogP contribution in [-0.4, -0.2) is 27.3 Å². The Bertz CT molecular complexity index is 756. The summed E-state index contributed by atoms with van der Waals surface area (Å²) in [6.45, 7) is 4.88. The summed E-state index contributed by atoms with van der Waals surface area (Å²) in [4.78, 5) is 23.3. The van der Waals surface area contributed by atoms with Gasteiger partial charge in [-0.15, -0.1) is 0 Å². The fourth-order valence-electron chi connectivity index (χ4n) is 4.44. The number of carbonyl (C=O) groups excluding carboxylic acids is 1. The molecule has 0 saturated heterocycles. The zero-order valence-corrected chi connectivity index (χ0v) is 13.9. The second-order valence-electron chi connectivity index (χ2n) is 6.99. The normalized spacial score (nSPS) is 19.1. The second kappa shape index (κ2) is 5.22. The van der Waals surface area contributed by atoms with Gasteiger partial charge in [0.05, 0.1) is 17.6 Å². The maximum atomic E-state index is 13.3. The van der Waals surface area contributed by atoms with Crippen molar-refractivity contribution in [1.29, 1.82) is 0 Å². The number of nitrogens with one attached hydrogen (secondary N) is 1. The summed E-state index contributed by atoms with van der Waals surface area (Å²) in [6.07, 6.45) is 7.05. The smallest absolute Gasteiger partial charge is 0.254 e. The van der Waals surface area contributed by atoms with Crippen molar-refractivity contribution in [3.05, 3.63) is 52.6 Å². The van der Waals surface area contributed by atoms with Crippen molar-refractivity contribution in [2.24, 2.45) is 0 Å². The van der Waals surface area contributed by atoms with Gasteiger partial charge in [-0.2, -0.15) is 0 Å². The minimum Gasteiger partial charge on any atom is -0.348 e. The van der Waals surface area contributed by atoms with E-state index in [0.717, 1.165) is 42.6 Å². The number of fused-ring (bicyclic) bond motifs is 2. The second-order valence-corrected chi connectivity index (χ2v) is 6.99. The molecular weight excluding hydrogens is 286 g/mol. The zero-order valence-electron chi connectivity index (χ0n) is 13.9. The lowest BCUT2D eigenvalue weighted by Crippen LogP contribution is -2.52. The fourth-order valence-corrected chi connectivity index (χ4v) is 4.44. The summed E-state index contributed by atoms with van der Waals surface area (Å²) in [6, 6.07) is 6.11. The van der Waals surface area contributed by atoms with E-state index in [9.17, 15) is 4.79 Å². The number of imidazole rings is 1. The molecule has 1 aliphatic heterocycles. The Hall–Kier alpha value is -2.10. The molecule has 120 valence electrons. The van der Waals surface area contributed by atoms with Crippen LogP contribution in [0.4, 0.5) is 0 Å². The third kappa shape index (κ3) is 2.12. The van der Waals surface area contributed by atoms with Gasteiger partial charge in [0.25, 0.3) is 5.91 Å². The SMILES string of the molecule is Cc1ccc(C(=O)N2CCc3[nH]cnc3C23CCCC3)c(C)c1. The van der Waals surface area contributed by atoms with E-state index in [1.165, 1.54) is 24.1 Å².